The third-order valence-electron chi connectivity index (χ3n) is 4.37. The number of nitrogens with zero attached hydrogens (tertiary/aromatic N) is 3. The monoisotopic (exact) mass is 381 g/mol. The molecule has 1 aliphatic rings. The van der Waals surface area contributed by atoms with Crippen LogP contribution in [0.25, 0.3) is 0 Å². The second-order valence-electron chi connectivity index (χ2n) is 6.14. The smallest absolute Gasteiger partial charge is 0.240 e. The SMILES string of the molecule is COc1ccc(NC(=O)[C@H]2Sc3nnc(C)n3N[C@H]2c2ccccc2)cc1. The highest BCUT2D eigenvalue weighted by molar-refractivity contribution is 8.00. The number of benzene rings is 2. The molecule has 2 aromatic carbocycles. The lowest BCUT2D eigenvalue weighted by Crippen LogP contribution is -2.41. The van der Waals surface area contributed by atoms with Gasteiger partial charge in [-0.3, -0.25) is 4.79 Å². The summed E-state index contributed by atoms with van der Waals surface area (Å²) < 4.78 is 6.99. The first kappa shape index (κ1) is 17.4. The van der Waals surface area contributed by atoms with Gasteiger partial charge < -0.3 is 15.5 Å². The zero-order valence-corrected chi connectivity index (χ0v) is 15.7. The Kier molecular flexibility index (Phi) is 4.72. The van der Waals surface area contributed by atoms with Crippen molar-refractivity contribution in [3.8, 4) is 5.75 Å². The van der Waals surface area contributed by atoms with Crippen LogP contribution in [0.1, 0.15) is 17.4 Å². The van der Waals surface area contributed by atoms with Crippen molar-refractivity contribution in [3.05, 3.63) is 66.0 Å². The number of hydrogen-bond donors (Lipinski definition) is 2. The van der Waals surface area contributed by atoms with Gasteiger partial charge in [0.15, 0.2) is 0 Å². The average molecular weight is 381 g/mol. The Bertz CT molecular complexity index is 942. The van der Waals surface area contributed by atoms with Gasteiger partial charge in [-0.25, -0.2) is 4.68 Å². The number of rotatable bonds is 4. The van der Waals surface area contributed by atoms with Crippen molar-refractivity contribution in [1.29, 1.82) is 0 Å². The summed E-state index contributed by atoms with van der Waals surface area (Å²) in [4.78, 5) is 13.1. The van der Waals surface area contributed by atoms with Crippen molar-refractivity contribution >= 4 is 23.4 Å². The minimum absolute atomic E-state index is 0.0987. The van der Waals surface area contributed by atoms with Crippen LogP contribution in [0, 0.1) is 6.92 Å². The summed E-state index contributed by atoms with van der Waals surface area (Å²) in [5, 5.41) is 11.5. The summed E-state index contributed by atoms with van der Waals surface area (Å²) in [7, 11) is 1.61. The lowest BCUT2D eigenvalue weighted by Gasteiger charge is -2.32. The van der Waals surface area contributed by atoms with E-state index >= 15 is 0 Å². The van der Waals surface area contributed by atoms with Crippen molar-refractivity contribution in [2.45, 2.75) is 23.4 Å². The molecule has 1 aromatic heterocycles. The summed E-state index contributed by atoms with van der Waals surface area (Å²) in [6.07, 6.45) is 0. The average Bonchev–Trinajstić information content (AvgIpc) is 3.08. The Labute approximate surface area is 161 Å². The number of aromatic nitrogens is 3. The number of carbonyl (C=O) groups is 1. The number of ether oxygens (including phenoxy) is 1. The van der Waals surface area contributed by atoms with Crippen LogP contribution in [0.15, 0.2) is 59.8 Å². The maximum Gasteiger partial charge on any atom is 0.240 e. The Morgan fingerprint density at radius 3 is 2.59 bits per heavy atom. The molecule has 2 N–H and O–H groups in total. The minimum Gasteiger partial charge on any atom is -0.497 e. The number of thioether (sulfide) groups is 1. The molecular formula is C19H19N5O2S. The topological polar surface area (TPSA) is 81.1 Å². The summed E-state index contributed by atoms with van der Waals surface area (Å²) in [5.41, 5.74) is 5.13. The zero-order chi connectivity index (χ0) is 18.8. The molecule has 0 fully saturated rings. The van der Waals surface area contributed by atoms with Crippen LogP contribution >= 0.6 is 11.8 Å². The molecule has 0 saturated heterocycles. The third kappa shape index (κ3) is 3.48. The predicted octanol–water partition coefficient (Wildman–Crippen LogP) is 2.99. The van der Waals surface area contributed by atoms with E-state index in [-0.39, 0.29) is 11.9 Å². The molecule has 0 bridgehead atoms. The Morgan fingerprint density at radius 1 is 1.15 bits per heavy atom. The fourth-order valence-corrected chi connectivity index (χ4v) is 4.08. The van der Waals surface area contributed by atoms with Crippen molar-refractivity contribution in [2.75, 3.05) is 17.9 Å². The maximum atomic E-state index is 13.1. The largest absolute Gasteiger partial charge is 0.497 e. The van der Waals surface area contributed by atoms with E-state index in [0.29, 0.717) is 5.16 Å². The molecule has 27 heavy (non-hydrogen) atoms. The molecule has 4 rings (SSSR count). The summed E-state index contributed by atoms with van der Waals surface area (Å²) in [6.45, 7) is 1.88. The first-order valence-electron chi connectivity index (χ1n) is 8.51. The van der Waals surface area contributed by atoms with E-state index < -0.39 is 5.25 Å². The van der Waals surface area contributed by atoms with Gasteiger partial charge in [-0.15, -0.1) is 10.2 Å². The molecule has 3 aromatic rings. The quantitative estimate of drug-likeness (QED) is 0.723. The standard InChI is InChI=1S/C19H19N5O2S/c1-12-21-22-19-24(12)23-16(13-6-4-3-5-7-13)17(27-19)18(25)20-14-8-10-15(26-2)11-9-14/h3-11,16-17,23H,1-2H3,(H,20,25)/t16-,17-/m0/s1. The Balaban J connectivity index is 1.62. The van der Waals surface area contributed by atoms with E-state index in [1.165, 1.54) is 11.8 Å². The van der Waals surface area contributed by atoms with Gasteiger partial charge in [0.1, 0.15) is 16.8 Å². The first-order valence-corrected chi connectivity index (χ1v) is 9.39. The van der Waals surface area contributed by atoms with Crippen LogP contribution in [-0.4, -0.2) is 33.1 Å². The molecule has 0 unspecified atom stereocenters. The van der Waals surface area contributed by atoms with Crippen molar-refractivity contribution in [1.82, 2.24) is 14.9 Å². The van der Waals surface area contributed by atoms with Crippen LogP contribution in [0.4, 0.5) is 5.69 Å². The highest BCUT2D eigenvalue weighted by Crippen LogP contribution is 2.37. The van der Waals surface area contributed by atoms with E-state index in [2.05, 4.69) is 20.9 Å². The normalized spacial score (nSPS) is 18.3. The number of anilines is 1. The van der Waals surface area contributed by atoms with Crippen molar-refractivity contribution in [2.24, 2.45) is 0 Å². The summed E-state index contributed by atoms with van der Waals surface area (Å²) in [5.74, 6) is 1.40. The maximum absolute atomic E-state index is 13.1. The van der Waals surface area contributed by atoms with E-state index in [9.17, 15) is 4.79 Å². The first-order chi connectivity index (χ1) is 13.2. The predicted molar refractivity (Wildman–Crippen MR) is 105 cm³/mol. The molecule has 138 valence electrons. The van der Waals surface area contributed by atoms with Gasteiger partial charge in [0.2, 0.25) is 11.1 Å². The van der Waals surface area contributed by atoms with Crippen molar-refractivity contribution < 1.29 is 9.53 Å². The van der Waals surface area contributed by atoms with E-state index in [1.807, 2.05) is 66.2 Å². The fourth-order valence-electron chi connectivity index (χ4n) is 2.96. The summed E-state index contributed by atoms with van der Waals surface area (Å²) >= 11 is 1.41. The second-order valence-corrected chi connectivity index (χ2v) is 7.25. The highest BCUT2D eigenvalue weighted by Gasteiger charge is 2.37. The second kappa shape index (κ2) is 7.32. The van der Waals surface area contributed by atoms with Gasteiger partial charge in [-0.1, -0.05) is 42.1 Å². The number of nitrogens with one attached hydrogen (secondary N) is 2. The number of amides is 1. The molecule has 8 heteroatoms. The van der Waals surface area contributed by atoms with E-state index in [0.717, 1.165) is 22.8 Å². The third-order valence-corrected chi connectivity index (χ3v) is 5.59. The molecule has 1 aliphatic heterocycles. The molecule has 2 heterocycles. The highest BCUT2D eigenvalue weighted by atomic mass is 32.2. The van der Waals surface area contributed by atoms with Gasteiger partial charge in [0.25, 0.3) is 0 Å². The van der Waals surface area contributed by atoms with Crippen LogP contribution in [0.3, 0.4) is 0 Å². The molecule has 0 aliphatic carbocycles. The lowest BCUT2D eigenvalue weighted by atomic mass is 10.0. The number of carbonyl (C=O) groups excluding carboxylic acids is 1. The van der Waals surface area contributed by atoms with Gasteiger partial charge >= 0.3 is 0 Å². The molecule has 0 radical (unpaired) electrons. The minimum atomic E-state index is -0.398. The molecule has 2 atom stereocenters. The summed E-state index contributed by atoms with van der Waals surface area (Å²) in [6, 6.07) is 17.0. The number of hydrogen-bond acceptors (Lipinski definition) is 6. The van der Waals surface area contributed by atoms with Gasteiger partial charge in [-0.2, -0.15) is 0 Å². The van der Waals surface area contributed by atoms with Gasteiger partial charge in [0.05, 0.1) is 13.2 Å². The molecule has 1 amide bonds. The van der Waals surface area contributed by atoms with E-state index in [1.54, 1.807) is 7.11 Å². The number of aryl methyl sites for hydroxylation is 1. The van der Waals surface area contributed by atoms with Crippen LogP contribution in [-0.2, 0) is 4.79 Å². The van der Waals surface area contributed by atoms with E-state index in [4.69, 9.17) is 4.74 Å². The van der Waals surface area contributed by atoms with Gasteiger partial charge in [-0.05, 0) is 36.8 Å². The van der Waals surface area contributed by atoms with Crippen LogP contribution in [0.2, 0.25) is 0 Å². The molecule has 7 nitrogen and oxygen atoms in total. The zero-order valence-electron chi connectivity index (χ0n) is 14.9. The molecular weight excluding hydrogens is 362 g/mol. The lowest BCUT2D eigenvalue weighted by molar-refractivity contribution is -0.116. The van der Waals surface area contributed by atoms with Crippen LogP contribution in [0.5, 0.6) is 5.75 Å². The van der Waals surface area contributed by atoms with Crippen LogP contribution < -0.4 is 15.5 Å². The Morgan fingerprint density at radius 2 is 1.89 bits per heavy atom. The number of fused-ring (bicyclic) bond motifs is 1. The molecule has 0 saturated carbocycles. The number of methoxy groups -OCH3 is 1. The Hall–Kier alpha value is -3.00. The molecule has 0 spiro atoms. The van der Waals surface area contributed by atoms with Crippen molar-refractivity contribution in [3.63, 3.8) is 0 Å². The van der Waals surface area contributed by atoms with Gasteiger partial charge in [0, 0.05) is 5.69 Å². The fraction of sp³-hybridized carbons (Fsp3) is 0.211.